The number of rotatable bonds is 8. The molecule has 0 radical (unpaired) electrons. The number of β-amino-alcohol motifs (C(OH)–C–C–N with tert-alkyl or cyclic N) is 1. The van der Waals surface area contributed by atoms with E-state index < -0.39 is 12.0 Å². The number of amides is 2. The summed E-state index contributed by atoms with van der Waals surface area (Å²) in [6, 6.07) is 18.0. The number of carbonyl (C=O) groups is 2. The van der Waals surface area contributed by atoms with Gasteiger partial charge in [0.15, 0.2) is 0 Å². The minimum Gasteiger partial charge on any atom is -0.391 e. The van der Waals surface area contributed by atoms with Crippen molar-refractivity contribution in [3.8, 4) is 0 Å². The summed E-state index contributed by atoms with van der Waals surface area (Å²) in [4.78, 5) is 29.6. The lowest BCUT2D eigenvalue weighted by molar-refractivity contribution is -0.134. The van der Waals surface area contributed by atoms with Crippen LogP contribution in [0.2, 0.25) is 0 Å². The van der Waals surface area contributed by atoms with Gasteiger partial charge in [-0.15, -0.1) is 0 Å². The Labute approximate surface area is 239 Å². The van der Waals surface area contributed by atoms with E-state index >= 15 is 0 Å². The molecule has 0 aromatic heterocycles. The quantitative estimate of drug-likeness (QED) is 0.445. The molecule has 40 heavy (non-hydrogen) atoms. The molecule has 5 rings (SSSR count). The molecule has 2 aromatic carbocycles. The van der Waals surface area contributed by atoms with Crippen molar-refractivity contribution in [3.63, 3.8) is 0 Å². The number of aryl methyl sites for hydroxylation is 1. The van der Waals surface area contributed by atoms with E-state index in [1.54, 1.807) is 0 Å². The maximum Gasteiger partial charge on any atom is 0.237 e. The number of benzene rings is 2. The van der Waals surface area contributed by atoms with E-state index in [1.165, 1.54) is 36.8 Å². The van der Waals surface area contributed by atoms with E-state index in [1.807, 2.05) is 63.2 Å². The first kappa shape index (κ1) is 28.8. The molecular formula is C34H47N3O3. The zero-order chi connectivity index (χ0) is 28.3. The Morgan fingerprint density at radius 2 is 1.68 bits per heavy atom. The smallest absolute Gasteiger partial charge is 0.237 e. The number of fused-ring (bicyclic) bond motifs is 2. The Hall–Kier alpha value is -2.70. The van der Waals surface area contributed by atoms with Gasteiger partial charge in [-0.25, -0.2) is 0 Å². The number of nitrogens with zero attached hydrogens (tertiary/aromatic N) is 1. The van der Waals surface area contributed by atoms with Gasteiger partial charge in [-0.05, 0) is 81.4 Å². The van der Waals surface area contributed by atoms with Crippen LogP contribution in [0, 0.1) is 17.8 Å². The highest BCUT2D eigenvalue weighted by molar-refractivity contribution is 5.83. The SMILES string of the molecule is CC(C)(C)NC(=O)[C@@H]1C[C@@H]2CCCC[C@@H]2CN1C[C@@H](O)[C@@H](Cc1ccccc1)C(=O)NC1CCc2ccccc21. The first-order chi connectivity index (χ1) is 19.2. The molecule has 6 atom stereocenters. The number of aliphatic hydroxyl groups excluding tert-OH is 1. The van der Waals surface area contributed by atoms with Crippen LogP contribution in [-0.4, -0.2) is 52.6 Å². The van der Waals surface area contributed by atoms with Gasteiger partial charge in [0.2, 0.25) is 11.8 Å². The first-order valence-corrected chi connectivity index (χ1v) is 15.3. The molecule has 2 aromatic rings. The monoisotopic (exact) mass is 545 g/mol. The summed E-state index contributed by atoms with van der Waals surface area (Å²) in [5.74, 6) is 0.432. The summed E-state index contributed by atoms with van der Waals surface area (Å²) in [6.45, 7) is 7.16. The van der Waals surface area contributed by atoms with Gasteiger partial charge in [0.05, 0.1) is 24.1 Å². The third kappa shape index (κ3) is 6.95. The molecule has 2 amide bonds. The van der Waals surface area contributed by atoms with Crippen molar-refractivity contribution in [3.05, 3.63) is 71.3 Å². The molecule has 0 spiro atoms. The number of aliphatic hydroxyl groups is 1. The molecule has 1 heterocycles. The number of hydrogen-bond donors (Lipinski definition) is 3. The molecular weight excluding hydrogens is 498 g/mol. The van der Waals surface area contributed by atoms with Gasteiger partial charge in [0.1, 0.15) is 0 Å². The standard InChI is InChI=1S/C34H47N3O3/c1-34(2,3)36-33(40)30-20-25-14-7-8-15-26(25)21-37(30)22-31(38)28(19-23-11-5-4-6-12-23)32(39)35-29-18-17-24-13-9-10-16-27(24)29/h4-6,9-13,16,25-26,28-31,38H,7-8,14-15,17-22H2,1-3H3,(H,35,39)(H,36,40)/t25-,26+,28+,29?,30-,31+/m0/s1. The molecule has 1 aliphatic heterocycles. The molecule has 1 saturated carbocycles. The molecule has 3 aliphatic rings. The van der Waals surface area contributed by atoms with Gasteiger partial charge in [-0.1, -0.05) is 73.9 Å². The topological polar surface area (TPSA) is 81.7 Å². The lowest BCUT2D eigenvalue weighted by Gasteiger charge is -2.47. The minimum absolute atomic E-state index is 0.0301. The number of likely N-dealkylation sites (tertiary alicyclic amines) is 1. The average molecular weight is 546 g/mol. The molecule has 216 valence electrons. The average Bonchev–Trinajstić information content (AvgIpc) is 3.33. The third-order valence-corrected chi connectivity index (χ3v) is 9.27. The van der Waals surface area contributed by atoms with Crippen molar-refractivity contribution < 1.29 is 14.7 Å². The molecule has 1 saturated heterocycles. The van der Waals surface area contributed by atoms with Gasteiger partial charge in [0.25, 0.3) is 0 Å². The van der Waals surface area contributed by atoms with E-state index in [9.17, 15) is 14.7 Å². The maximum atomic E-state index is 13.9. The van der Waals surface area contributed by atoms with Gasteiger partial charge in [-0.2, -0.15) is 0 Å². The van der Waals surface area contributed by atoms with Crippen LogP contribution in [0.5, 0.6) is 0 Å². The highest BCUT2D eigenvalue weighted by Crippen LogP contribution is 2.39. The fraction of sp³-hybridized carbons (Fsp3) is 0.588. The summed E-state index contributed by atoms with van der Waals surface area (Å²) in [5.41, 5.74) is 3.18. The zero-order valence-corrected chi connectivity index (χ0v) is 24.4. The van der Waals surface area contributed by atoms with E-state index in [0.29, 0.717) is 24.8 Å². The normalized spacial score (nSPS) is 26.3. The second-order valence-corrected chi connectivity index (χ2v) is 13.4. The van der Waals surface area contributed by atoms with E-state index in [0.717, 1.165) is 31.4 Å². The minimum atomic E-state index is -0.887. The van der Waals surface area contributed by atoms with Crippen LogP contribution in [0.1, 0.15) is 82.0 Å². The van der Waals surface area contributed by atoms with Gasteiger partial charge < -0.3 is 15.7 Å². The van der Waals surface area contributed by atoms with E-state index in [2.05, 4.69) is 27.7 Å². The van der Waals surface area contributed by atoms with Crippen LogP contribution in [0.15, 0.2) is 54.6 Å². The summed E-state index contributed by atoms with van der Waals surface area (Å²) in [5, 5.41) is 18.2. The molecule has 0 bridgehead atoms. The molecule has 3 N–H and O–H groups in total. The summed E-state index contributed by atoms with van der Waals surface area (Å²) in [7, 11) is 0. The van der Waals surface area contributed by atoms with Crippen LogP contribution in [0.4, 0.5) is 0 Å². The fourth-order valence-electron chi connectivity index (χ4n) is 7.25. The van der Waals surface area contributed by atoms with Crippen molar-refractivity contribution in [2.45, 2.75) is 95.9 Å². The van der Waals surface area contributed by atoms with Crippen LogP contribution in [0.25, 0.3) is 0 Å². The fourth-order valence-corrected chi connectivity index (χ4v) is 7.25. The largest absolute Gasteiger partial charge is 0.391 e. The first-order valence-electron chi connectivity index (χ1n) is 15.3. The number of piperidine rings is 1. The maximum absolute atomic E-state index is 13.9. The van der Waals surface area contributed by atoms with Crippen molar-refractivity contribution in [1.82, 2.24) is 15.5 Å². The molecule has 2 aliphatic carbocycles. The second kappa shape index (κ2) is 12.4. The van der Waals surface area contributed by atoms with Crippen molar-refractivity contribution >= 4 is 11.8 Å². The third-order valence-electron chi connectivity index (χ3n) is 9.27. The summed E-state index contributed by atoms with van der Waals surface area (Å²) < 4.78 is 0. The van der Waals surface area contributed by atoms with Crippen LogP contribution >= 0.6 is 0 Å². The second-order valence-electron chi connectivity index (χ2n) is 13.4. The lowest BCUT2D eigenvalue weighted by atomic mass is 9.72. The van der Waals surface area contributed by atoms with Crippen LogP contribution < -0.4 is 10.6 Å². The van der Waals surface area contributed by atoms with Gasteiger partial charge >= 0.3 is 0 Å². The molecule has 1 unspecified atom stereocenters. The molecule has 6 nitrogen and oxygen atoms in total. The number of nitrogens with one attached hydrogen (secondary N) is 2. The van der Waals surface area contributed by atoms with Crippen molar-refractivity contribution in [2.75, 3.05) is 13.1 Å². The Kier molecular flexibility index (Phi) is 8.96. The van der Waals surface area contributed by atoms with Crippen molar-refractivity contribution in [2.24, 2.45) is 17.8 Å². The molecule has 6 heteroatoms. The van der Waals surface area contributed by atoms with Gasteiger partial charge in [0, 0.05) is 18.6 Å². The van der Waals surface area contributed by atoms with Gasteiger partial charge in [-0.3, -0.25) is 14.5 Å². The Balaban J connectivity index is 1.35. The van der Waals surface area contributed by atoms with E-state index in [4.69, 9.17) is 0 Å². The highest BCUT2D eigenvalue weighted by atomic mass is 16.3. The predicted octanol–water partition coefficient (Wildman–Crippen LogP) is 4.81. The Morgan fingerprint density at radius 3 is 2.42 bits per heavy atom. The highest BCUT2D eigenvalue weighted by Gasteiger charge is 2.42. The summed E-state index contributed by atoms with van der Waals surface area (Å²) in [6.07, 6.45) is 7.06. The van der Waals surface area contributed by atoms with Crippen LogP contribution in [-0.2, 0) is 22.4 Å². The Bertz CT molecular complexity index is 1160. The summed E-state index contributed by atoms with van der Waals surface area (Å²) >= 11 is 0. The molecule has 2 fully saturated rings. The zero-order valence-electron chi connectivity index (χ0n) is 24.4. The van der Waals surface area contributed by atoms with Crippen LogP contribution in [0.3, 0.4) is 0 Å². The number of carbonyl (C=O) groups excluding carboxylic acids is 2. The lowest BCUT2D eigenvalue weighted by Crippen LogP contribution is -2.59. The van der Waals surface area contributed by atoms with E-state index in [-0.39, 0.29) is 29.4 Å². The number of hydrogen-bond acceptors (Lipinski definition) is 4. The Morgan fingerprint density at radius 1 is 0.975 bits per heavy atom. The van der Waals surface area contributed by atoms with Crippen molar-refractivity contribution in [1.29, 1.82) is 0 Å². The predicted molar refractivity (Wildman–Crippen MR) is 159 cm³/mol.